The minimum absolute atomic E-state index is 0.0658. The molecule has 0 bridgehead atoms. The topological polar surface area (TPSA) is 78.9 Å². The van der Waals surface area contributed by atoms with Crippen molar-refractivity contribution in [2.45, 2.75) is 322 Å². The fraction of sp³-hybridized carbons (Fsp3) is 0.881. The zero-order valence-electron chi connectivity index (χ0n) is 43.8. The highest BCUT2D eigenvalue weighted by Crippen LogP contribution is 2.17. The van der Waals surface area contributed by atoms with Gasteiger partial charge >= 0.3 is 17.9 Å². The van der Waals surface area contributed by atoms with Crippen LogP contribution in [0.15, 0.2) is 24.3 Å². The van der Waals surface area contributed by atoms with Crippen molar-refractivity contribution in [2.75, 3.05) is 13.2 Å². The minimum Gasteiger partial charge on any atom is -0.462 e. The Morgan fingerprint density at radius 2 is 0.554 bits per heavy atom. The number of esters is 3. The van der Waals surface area contributed by atoms with Gasteiger partial charge in [-0.15, -0.1) is 0 Å². The summed E-state index contributed by atoms with van der Waals surface area (Å²) in [5, 5.41) is 0. The summed E-state index contributed by atoms with van der Waals surface area (Å²) in [4.78, 5) is 37.7. The summed E-state index contributed by atoms with van der Waals surface area (Å²) in [6.07, 6.45) is 63.7. The third kappa shape index (κ3) is 52.7. The van der Waals surface area contributed by atoms with Crippen molar-refractivity contribution >= 4 is 17.9 Å². The van der Waals surface area contributed by atoms with E-state index in [4.69, 9.17) is 14.2 Å². The van der Waals surface area contributed by atoms with E-state index in [1.54, 1.807) is 0 Å². The first-order chi connectivity index (χ1) is 32.0. The molecule has 0 heterocycles. The van der Waals surface area contributed by atoms with Crippen molar-refractivity contribution in [1.82, 2.24) is 0 Å². The first-order valence-corrected chi connectivity index (χ1v) is 28.8. The molecule has 0 N–H and O–H groups in total. The van der Waals surface area contributed by atoms with Gasteiger partial charge in [0.2, 0.25) is 0 Å². The van der Waals surface area contributed by atoms with E-state index < -0.39 is 6.10 Å². The number of ether oxygens (including phenoxy) is 3. The van der Waals surface area contributed by atoms with Gasteiger partial charge in [0.1, 0.15) is 13.2 Å². The Morgan fingerprint density at radius 1 is 0.308 bits per heavy atom. The van der Waals surface area contributed by atoms with Crippen molar-refractivity contribution in [3.63, 3.8) is 0 Å². The SMILES string of the molecule is CCCCCCC/C=C\C/C=C\CCCCCCCCCCCCCCCCCCCCCC(=O)OCC(COC(=O)CCCCCCCC)OC(=O)CCCCCCCCCCCC. The summed E-state index contributed by atoms with van der Waals surface area (Å²) >= 11 is 0. The molecule has 0 amide bonds. The molecule has 0 aromatic carbocycles. The smallest absolute Gasteiger partial charge is 0.306 e. The van der Waals surface area contributed by atoms with Crippen LogP contribution < -0.4 is 0 Å². The van der Waals surface area contributed by atoms with Crippen LogP contribution in [0.4, 0.5) is 0 Å². The van der Waals surface area contributed by atoms with Gasteiger partial charge in [-0.05, 0) is 51.4 Å². The second-order valence-electron chi connectivity index (χ2n) is 19.6. The lowest BCUT2D eigenvalue weighted by Gasteiger charge is -2.18. The maximum atomic E-state index is 12.7. The summed E-state index contributed by atoms with van der Waals surface area (Å²) in [5.74, 6) is -0.862. The van der Waals surface area contributed by atoms with Crippen LogP contribution in [-0.4, -0.2) is 37.2 Å². The molecule has 65 heavy (non-hydrogen) atoms. The number of unbranched alkanes of at least 4 members (excludes halogenated alkanes) is 38. The molecule has 0 aliphatic heterocycles. The Kier molecular flexibility index (Phi) is 52.7. The predicted octanol–water partition coefficient (Wildman–Crippen LogP) is 19.1. The van der Waals surface area contributed by atoms with Gasteiger partial charge in [-0.25, -0.2) is 0 Å². The van der Waals surface area contributed by atoms with Crippen molar-refractivity contribution in [2.24, 2.45) is 0 Å². The molecule has 0 aromatic heterocycles. The lowest BCUT2D eigenvalue weighted by molar-refractivity contribution is -0.167. The second kappa shape index (κ2) is 54.5. The lowest BCUT2D eigenvalue weighted by atomic mass is 10.0. The summed E-state index contributed by atoms with van der Waals surface area (Å²) in [6, 6.07) is 0. The van der Waals surface area contributed by atoms with Crippen LogP contribution in [0.25, 0.3) is 0 Å². The molecule has 0 spiro atoms. The lowest BCUT2D eigenvalue weighted by Crippen LogP contribution is -2.30. The van der Waals surface area contributed by atoms with Crippen molar-refractivity contribution in [1.29, 1.82) is 0 Å². The highest BCUT2D eigenvalue weighted by molar-refractivity contribution is 5.71. The van der Waals surface area contributed by atoms with Crippen LogP contribution >= 0.6 is 0 Å². The average molecular weight is 916 g/mol. The molecule has 0 aliphatic carbocycles. The minimum atomic E-state index is -0.761. The van der Waals surface area contributed by atoms with Gasteiger partial charge in [-0.1, -0.05) is 270 Å². The molecule has 382 valence electrons. The molecule has 0 saturated heterocycles. The molecule has 1 atom stereocenters. The van der Waals surface area contributed by atoms with Gasteiger partial charge in [0.15, 0.2) is 6.10 Å². The fourth-order valence-corrected chi connectivity index (χ4v) is 8.59. The number of rotatable bonds is 53. The zero-order chi connectivity index (χ0) is 47.2. The number of carbonyl (C=O) groups is 3. The number of allylic oxidation sites excluding steroid dienone is 4. The quantitative estimate of drug-likeness (QED) is 0.0262. The van der Waals surface area contributed by atoms with Crippen LogP contribution in [0.1, 0.15) is 316 Å². The van der Waals surface area contributed by atoms with Gasteiger partial charge < -0.3 is 14.2 Å². The molecule has 0 radical (unpaired) electrons. The molecule has 1 unspecified atom stereocenters. The Balaban J connectivity index is 3.88. The highest BCUT2D eigenvalue weighted by Gasteiger charge is 2.19. The molecule has 6 heteroatoms. The van der Waals surface area contributed by atoms with Crippen molar-refractivity contribution < 1.29 is 28.6 Å². The van der Waals surface area contributed by atoms with Gasteiger partial charge in [0.05, 0.1) is 0 Å². The summed E-state index contributed by atoms with van der Waals surface area (Å²) in [7, 11) is 0. The predicted molar refractivity (Wildman–Crippen MR) is 279 cm³/mol. The van der Waals surface area contributed by atoms with E-state index in [2.05, 4.69) is 45.1 Å². The molecule has 0 aromatic rings. The van der Waals surface area contributed by atoms with E-state index >= 15 is 0 Å². The van der Waals surface area contributed by atoms with E-state index in [0.717, 1.165) is 64.2 Å². The summed E-state index contributed by atoms with van der Waals surface area (Å²) < 4.78 is 16.7. The van der Waals surface area contributed by atoms with Crippen LogP contribution in [0.5, 0.6) is 0 Å². The van der Waals surface area contributed by atoms with Crippen molar-refractivity contribution in [3.05, 3.63) is 24.3 Å². The van der Waals surface area contributed by atoms with Gasteiger partial charge in [-0.2, -0.15) is 0 Å². The molecule has 0 fully saturated rings. The Morgan fingerprint density at radius 3 is 0.846 bits per heavy atom. The van der Waals surface area contributed by atoms with Crippen LogP contribution in [0.2, 0.25) is 0 Å². The second-order valence-corrected chi connectivity index (χ2v) is 19.6. The third-order valence-corrected chi connectivity index (χ3v) is 13.0. The Labute approximate surface area is 404 Å². The zero-order valence-corrected chi connectivity index (χ0v) is 43.8. The molecule has 0 aliphatic rings. The van der Waals surface area contributed by atoms with Gasteiger partial charge in [0, 0.05) is 19.3 Å². The third-order valence-electron chi connectivity index (χ3n) is 13.0. The molecule has 0 saturated carbocycles. The standard InChI is InChI=1S/C59H110O6/c1-4-7-10-13-16-18-20-21-22-23-24-25-26-27-28-29-30-31-32-33-34-35-36-37-38-39-40-42-43-46-49-52-58(61)64-55-56(54-63-57(60)51-48-45-15-12-9-6-3)65-59(62)53-50-47-44-41-19-17-14-11-8-5-2/h20-21,23-24,56H,4-19,22,25-55H2,1-3H3/b21-20-,24-23-. The molecule has 0 rings (SSSR count). The summed E-state index contributed by atoms with van der Waals surface area (Å²) in [5.41, 5.74) is 0. The first kappa shape index (κ1) is 62.9. The number of hydrogen-bond donors (Lipinski definition) is 0. The number of hydrogen-bond acceptors (Lipinski definition) is 6. The van der Waals surface area contributed by atoms with Crippen LogP contribution in [-0.2, 0) is 28.6 Å². The molecular weight excluding hydrogens is 805 g/mol. The first-order valence-electron chi connectivity index (χ1n) is 28.8. The van der Waals surface area contributed by atoms with Gasteiger partial charge in [-0.3, -0.25) is 14.4 Å². The van der Waals surface area contributed by atoms with E-state index in [9.17, 15) is 14.4 Å². The normalized spacial score (nSPS) is 12.1. The number of carbonyl (C=O) groups excluding carboxylic acids is 3. The summed E-state index contributed by atoms with van der Waals surface area (Å²) in [6.45, 7) is 6.59. The maximum Gasteiger partial charge on any atom is 0.306 e. The molecule has 6 nitrogen and oxygen atoms in total. The largest absolute Gasteiger partial charge is 0.462 e. The monoisotopic (exact) mass is 915 g/mol. The van der Waals surface area contributed by atoms with Gasteiger partial charge in [0.25, 0.3) is 0 Å². The Bertz CT molecular complexity index is 1050. The highest BCUT2D eigenvalue weighted by atomic mass is 16.6. The maximum absolute atomic E-state index is 12.7. The Hall–Kier alpha value is -2.11. The fourth-order valence-electron chi connectivity index (χ4n) is 8.59. The van der Waals surface area contributed by atoms with E-state index in [1.165, 1.54) is 212 Å². The van der Waals surface area contributed by atoms with Crippen LogP contribution in [0, 0.1) is 0 Å². The van der Waals surface area contributed by atoms with E-state index in [-0.39, 0.29) is 31.1 Å². The molecular formula is C59H110O6. The average Bonchev–Trinajstić information content (AvgIpc) is 3.30. The van der Waals surface area contributed by atoms with E-state index in [1.807, 2.05) is 0 Å². The van der Waals surface area contributed by atoms with Crippen molar-refractivity contribution in [3.8, 4) is 0 Å². The van der Waals surface area contributed by atoms with Crippen LogP contribution in [0.3, 0.4) is 0 Å². The van der Waals surface area contributed by atoms with E-state index in [0.29, 0.717) is 19.3 Å².